The molecule has 1 aromatic rings. The maximum atomic E-state index is 5.97. The van der Waals surface area contributed by atoms with Gasteiger partial charge in [-0.1, -0.05) is 25.4 Å². The molecule has 1 saturated heterocycles. The van der Waals surface area contributed by atoms with Crippen LogP contribution in [0.1, 0.15) is 13.8 Å². The highest BCUT2D eigenvalue weighted by Crippen LogP contribution is 2.35. The maximum Gasteiger partial charge on any atom is 0.222 e. The van der Waals surface area contributed by atoms with Gasteiger partial charge in [0.25, 0.3) is 0 Å². The lowest BCUT2D eigenvalue weighted by Crippen LogP contribution is -2.53. The van der Waals surface area contributed by atoms with Crippen molar-refractivity contribution in [3.63, 3.8) is 0 Å². The average Bonchev–Trinajstić information content (AvgIpc) is 2.05. The van der Waals surface area contributed by atoms with E-state index in [2.05, 4.69) is 28.7 Å². The second-order valence-electron chi connectivity index (χ2n) is 4.42. The van der Waals surface area contributed by atoms with Gasteiger partial charge in [-0.15, -0.1) is 0 Å². The molecule has 0 amide bonds. The molecule has 1 aromatic heterocycles. The van der Waals surface area contributed by atoms with Gasteiger partial charge >= 0.3 is 0 Å². The van der Waals surface area contributed by atoms with Crippen molar-refractivity contribution in [3.05, 3.63) is 11.2 Å². The summed E-state index contributed by atoms with van der Waals surface area (Å²) in [6.07, 6.45) is 1.55. The number of nitrogens with two attached hydrogens (primary N) is 1. The molecule has 5 heteroatoms. The molecule has 0 saturated carbocycles. The highest BCUT2D eigenvalue weighted by atomic mass is 35.5. The third-order valence-electron chi connectivity index (χ3n) is 2.28. The molecule has 14 heavy (non-hydrogen) atoms. The summed E-state index contributed by atoms with van der Waals surface area (Å²) in [5.74, 6) is 1.02. The summed E-state index contributed by atoms with van der Waals surface area (Å²) in [5.41, 5.74) is 5.85. The molecule has 0 radical (unpaired) electrons. The van der Waals surface area contributed by atoms with Crippen LogP contribution in [-0.4, -0.2) is 23.1 Å². The molecule has 2 N–H and O–H groups in total. The van der Waals surface area contributed by atoms with E-state index in [1.54, 1.807) is 6.20 Å². The van der Waals surface area contributed by atoms with Gasteiger partial charge in [0, 0.05) is 13.1 Å². The number of nitrogen functional groups attached to an aromatic ring is 1. The van der Waals surface area contributed by atoms with E-state index >= 15 is 0 Å². The Balaban J connectivity index is 2.22. The molecular weight excluding hydrogens is 200 g/mol. The Labute approximate surface area is 88.1 Å². The lowest BCUT2D eigenvalue weighted by molar-refractivity contribution is 0.274. The van der Waals surface area contributed by atoms with Gasteiger partial charge in [-0.25, -0.2) is 4.98 Å². The van der Waals surface area contributed by atoms with Crippen molar-refractivity contribution in [2.24, 2.45) is 5.41 Å². The second-order valence-corrected chi connectivity index (χ2v) is 4.83. The SMILES string of the molecule is CC1(C)CN(c2nc(N)ncc2Cl)C1. The van der Waals surface area contributed by atoms with Crippen molar-refractivity contribution in [2.75, 3.05) is 23.7 Å². The molecule has 1 fully saturated rings. The van der Waals surface area contributed by atoms with Crippen LogP contribution in [0.3, 0.4) is 0 Å². The van der Waals surface area contributed by atoms with Gasteiger partial charge in [0.2, 0.25) is 5.95 Å². The van der Waals surface area contributed by atoms with Gasteiger partial charge in [-0.2, -0.15) is 4.98 Å². The van der Waals surface area contributed by atoms with E-state index in [0.29, 0.717) is 10.4 Å². The van der Waals surface area contributed by atoms with Crippen LogP contribution in [-0.2, 0) is 0 Å². The zero-order valence-electron chi connectivity index (χ0n) is 8.29. The Morgan fingerprint density at radius 1 is 1.50 bits per heavy atom. The third-order valence-corrected chi connectivity index (χ3v) is 2.55. The maximum absolute atomic E-state index is 5.97. The summed E-state index contributed by atoms with van der Waals surface area (Å²) in [6.45, 7) is 6.34. The van der Waals surface area contributed by atoms with E-state index < -0.39 is 0 Å². The molecule has 76 valence electrons. The van der Waals surface area contributed by atoms with Crippen molar-refractivity contribution >= 4 is 23.4 Å². The van der Waals surface area contributed by atoms with E-state index in [9.17, 15) is 0 Å². The molecule has 0 unspecified atom stereocenters. The lowest BCUT2D eigenvalue weighted by atomic mass is 9.84. The number of nitrogens with zero attached hydrogens (tertiary/aromatic N) is 3. The Morgan fingerprint density at radius 2 is 2.14 bits per heavy atom. The lowest BCUT2D eigenvalue weighted by Gasteiger charge is -2.46. The van der Waals surface area contributed by atoms with E-state index in [4.69, 9.17) is 17.3 Å². The number of halogens is 1. The van der Waals surface area contributed by atoms with Crippen LogP contribution < -0.4 is 10.6 Å². The van der Waals surface area contributed by atoms with Gasteiger partial charge in [0.1, 0.15) is 5.02 Å². The number of anilines is 2. The average molecular weight is 213 g/mol. The van der Waals surface area contributed by atoms with E-state index in [1.807, 2.05) is 0 Å². The first-order valence-electron chi connectivity index (χ1n) is 4.51. The third kappa shape index (κ3) is 1.62. The first kappa shape index (κ1) is 9.52. The molecular formula is C9H13ClN4. The van der Waals surface area contributed by atoms with Gasteiger partial charge in [0.05, 0.1) is 6.20 Å². The highest BCUT2D eigenvalue weighted by Gasteiger charge is 2.35. The van der Waals surface area contributed by atoms with Gasteiger partial charge in [-0.3, -0.25) is 0 Å². The van der Waals surface area contributed by atoms with Crippen molar-refractivity contribution < 1.29 is 0 Å². The summed E-state index contributed by atoms with van der Waals surface area (Å²) < 4.78 is 0. The highest BCUT2D eigenvalue weighted by molar-refractivity contribution is 6.32. The molecule has 1 aliphatic heterocycles. The monoisotopic (exact) mass is 212 g/mol. The Bertz CT molecular complexity index is 356. The smallest absolute Gasteiger partial charge is 0.222 e. The fourth-order valence-electron chi connectivity index (χ4n) is 1.73. The van der Waals surface area contributed by atoms with Crippen LogP contribution in [0, 0.1) is 5.41 Å². The summed E-state index contributed by atoms with van der Waals surface area (Å²) in [6, 6.07) is 0. The minimum absolute atomic E-state index is 0.272. The van der Waals surface area contributed by atoms with Gasteiger partial charge in [0.15, 0.2) is 5.82 Å². The molecule has 0 aliphatic carbocycles. The molecule has 0 aromatic carbocycles. The summed E-state index contributed by atoms with van der Waals surface area (Å²) in [7, 11) is 0. The molecule has 0 spiro atoms. The second kappa shape index (κ2) is 2.98. The zero-order valence-corrected chi connectivity index (χ0v) is 9.04. The first-order valence-corrected chi connectivity index (χ1v) is 4.89. The molecule has 0 bridgehead atoms. The Kier molecular flexibility index (Phi) is 2.03. The van der Waals surface area contributed by atoms with E-state index in [1.165, 1.54) is 0 Å². The fourth-order valence-corrected chi connectivity index (χ4v) is 1.94. The zero-order chi connectivity index (χ0) is 10.3. The number of hydrogen-bond acceptors (Lipinski definition) is 4. The van der Waals surface area contributed by atoms with Crippen LogP contribution in [0.4, 0.5) is 11.8 Å². The topological polar surface area (TPSA) is 55.0 Å². The van der Waals surface area contributed by atoms with Gasteiger partial charge in [-0.05, 0) is 5.41 Å². The normalized spacial score (nSPS) is 19.2. The number of aromatic nitrogens is 2. The fraction of sp³-hybridized carbons (Fsp3) is 0.556. The number of hydrogen-bond donors (Lipinski definition) is 1. The Morgan fingerprint density at radius 3 is 2.71 bits per heavy atom. The molecule has 0 atom stereocenters. The molecule has 2 rings (SSSR count). The van der Waals surface area contributed by atoms with Crippen molar-refractivity contribution in [2.45, 2.75) is 13.8 Å². The quantitative estimate of drug-likeness (QED) is 0.768. The largest absolute Gasteiger partial charge is 0.368 e. The molecule has 1 aliphatic rings. The van der Waals surface area contributed by atoms with Crippen molar-refractivity contribution in [3.8, 4) is 0 Å². The summed E-state index contributed by atoms with van der Waals surface area (Å²) in [5, 5.41) is 0.565. The van der Waals surface area contributed by atoms with E-state index in [-0.39, 0.29) is 5.95 Å². The minimum atomic E-state index is 0.272. The van der Waals surface area contributed by atoms with Crippen LogP contribution in [0.25, 0.3) is 0 Å². The van der Waals surface area contributed by atoms with Crippen LogP contribution in [0.2, 0.25) is 5.02 Å². The summed E-state index contributed by atoms with van der Waals surface area (Å²) in [4.78, 5) is 10.1. The molecule has 4 nitrogen and oxygen atoms in total. The van der Waals surface area contributed by atoms with Crippen LogP contribution >= 0.6 is 11.6 Å². The van der Waals surface area contributed by atoms with E-state index in [0.717, 1.165) is 18.9 Å². The minimum Gasteiger partial charge on any atom is -0.368 e. The van der Waals surface area contributed by atoms with Crippen molar-refractivity contribution in [1.29, 1.82) is 0 Å². The van der Waals surface area contributed by atoms with Crippen LogP contribution in [0.5, 0.6) is 0 Å². The standard InChI is InChI=1S/C9H13ClN4/c1-9(2)4-14(5-9)7-6(10)3-12-8(11)13-7/h3H,4-5H2,1-2H3,(H2,11,12,13). The predicted molar refractivity (Wildman–Crippen MR) is 57.4 cm³/mol. The van der Waals surface area contributed by atoms with Crippen LogP contribution in [0.15, 0.2) is 6.20 Å². The first-order chi connectivity index (χ1) is 6.48. The summed E-state index contributed by atoms with van der Waals surface area (Å²) >= 11 is 5.97. The van der Waals surface area contributed by atoms with Crippen molar-refractivity contribution in [1.82, 2.24) is 9.97 Å². The molecule has 2 heterocycles. The number of rotatable bonds is 1. The van der Waals surface area contributed by atoms with Gasteiger partial charge < -0.3 is 10.6 Å². The predicted octanol–water partition coefficient (Wildman–Crippen LogP) is 1.56. The Hall–Kier alpha value is -1.03.